The highest BCUT2D eigenvalue weighted by molar-refractivity contribution is 8.02. The molecular formula is C11H17NS2. The van der Waals surface area contributed by atoms with Crippen LogP contribution in [0.15, 0.2) is 24.4 Å². The van der Waals surface area contributed by atoms with Crippen molar-refractivity contribution in [3.05, 3.63) is 30.1 Å². The summed E-state index contributed by atoms with van der Waals surface area (Å²) in [6.07, 6.45) is 3.15. The van der Waals surface area contributed by atoms with Gasteiger partial charge < -0.3 is 0 Å². The van der Waals surface area contributed by atoms with Gasteiger partial charge in [0.1, 0.15) is 0 Å². The van der Waals surface area contributed by atoms with Crippen molar-refractivity contribution in [1.82, 2.24) is 4.98 Å². The molecule has 1 heterocycles. The molecule has 1 aromatic rings. The lowest BCUT2D eigenvalue weighted by Crippen LogP contribution is -1.89. The smallest absolute Gasteiger partial charge is 0.0502 e. The van der Waals surface area contributed by atoms with Crippen LogP contribution in [-0.2, 0) is 5.75 Å². The molecule has 0 saturated carbocycles. The van der Waals surface area contributed by atoms with Crippen molar-refractivity contribution in [3.8, 4) is 0 Å². The predicted molar refractivity (Wildman–Crippen MR) is 68.0 cm³/mol. The molecule has 0 aliphatic carbocycles. The van der Waals surface area contributed by atoms with E-state index in [9.17, 15) is 0 Å². The van der Waals surface area contributed by atoms with Crippen molar-refractivity contribution in [1.29, 1.82) is 0 Å². The van der Waals surface area contributed by atoms with Crippen molar-refractivity contribution >= 4 is 23.5 Å². The Kier molecular flexibility index (Phi) is 6.97. The molecule has 1 aromatic heterocycles. The van der Waals surface area contributed by atoms with Gasteiger partial charge in [0.05, 0.1) is 5.69 Å². The van der Waals surface area contributed by atoms with Gasteiger partial charge in [-0.05, 0) is 24.3 Å². The molecule has 0 spiro atoms. The first-order chi connectivity index (χ1) is 6.93. The van der Waals surface area contributed by atoms with Gasteiger partial charge in [-0.15, -0.1) is 0 Å². The second-order valence-electron chi connectivity index (χ2n) is 2.99. The SMILES string of the molecule is CCCSCCSCc1ccccn1. The highest BCUT2D eigenvalue weighted by Gasteiger charge is 1.93. The molecule has 1 nitrogen and oxygen atoms in total. The standard InChI is InChI=1S/C11H17NS2/c1-2-7-13-8-9-14-10-11-5-3-4-6-12-11/h3-6H,2,7-10H2,1H3. The average molecular weight is 227 g/mol. The average Bonchev–Trinajstić information content (AvgIpc) is 2.25. The van der Waals surface area contributed by atoms with E-state index in [0.717, 1.165) is 5.75 Å². The van der Waals surface area contributed by atoms with E-state index < -0.39 is 0 Å². The Morgan fingerprint density at radius 2 is 2.00 bits per heavy atom. The number of hydrogen-bond acceptors (Lipinski definition) is 3. The fraction of sp³-hybridized carbons (Fsp3) is 0.545. The Labute approximate surface area is 95.1 Å². The van der Waals surface area contributed by atoms with Crippen LogP contribution in [0.3, 0.4) is 0 Å². The zero-order valence-corrected chi connectivity index (χ0v) is 10.2. The first-order valence-electron chi connectivity index (χ1n) is 4.99. The van der Waals surface area contributed by atoms with E-state index in [0.29, 0.717) is 0 Å². The molecule has 1 rings (SSSR count). The molecule has 0 aliphatic rings. The van der Waals surface area contributed by atoms with E-state index in [1.807, 2.05) is 35.8 Å². The summed E-state index contributed by atoms with van der Waals surface area (Å²) in [5.41, 5.74) is 1.19. The van der Waals surface area contributed by atoms with Crippen LogP contribution in [0.25, 0.3) is 0 Å². The summed E-state index contributed by atoms with van der Waals surface area (Å²) in [5.74, 6) is 4.85. The molecular weight excluding hydrogens is 210 g/mol. The molecule has 78 valence electrons. The Bertz CT molecular complexity index is 226. The van der Waals surface area contributed by atoms with Crippen molar-refractivity contribution < 1.29 is 0 Å². The van der Waals surface area contributed by atoms with Crippen LogP contribution in [0.2, 0.25) is 0 Å². The highest BCUT2D eigenvalue weighted by atomic mass is 32.2. The summed E-state index contributed by atoms with van der Waals surface area (Å²) in [4.78, 5) is 4.29. The first kappa shape index (κ1) is 11.9. The van der Waals surface area contributed by atoms with Gasteiger partial charge in [0, 0.05) is 23.5 Å². The van der Waals surface area contributed by atoms with Crippen LogP contribution in [0, 0.1) is 0 Å². The minimum Gasteiger partial charge on any atom is -0.260 e. The van der Waals surface area contributed by atoms with Crippen molar-refractivity contribution in [2.75, 3.05) is 17.3 Å². The Balaban J connectivity index is 1.99. The van der Waals surface area contributed by atoms with Gasteiger partial charge in [-0.25, -0.2) is 0 Å². The maximum atomic E-state index is 4.29. The maximum absolute atomic E-state index is 4.29. The zero-order valence-electron chi connectivity index (χ0n) is 8.61. The molecule has 0 unspecified atom stereocenters. The van der Waals surface area contributed by atoms with Gasteiger partial charge in [0.25, 0.3) is 0 Å². The summed E-state index contributed by atoms with van der Waals surface area (Å²) in [5, 5.41) is 0. The molecule has 0 radical (unpaired) electrons. The van der Waals surface area contributed by atoms with Gasteiger partial charge in [0.15, 0.2) is 0 Å². The van der Waals surface area contributed by atoms with Crippen molar-refractivity contribution in [2.45, 2.75) is 19.1 Å². The van der Waals surface area contributed by atoms with E-state index >= 15 is 0 Å². The Morgan fingerprint density at radius 3 is 2.71 bits per heavy atom. The lowest BCUT2D eigenvalue weighted by Gasteiger charge is -2.00. The largest absolute Gasteiger partial charge is 0.260 e. The summed E-state index contributed by atoms with van der Waals surface area (Å²) < 4.78 is 0. The second kappa shape index (κ2) is 8.18. The van der Waals surface area contributed by atoms with Crippen LogP contribution in [0.5, 0.6) is 0 Å². The van der Waals surface area contributed by atoms with E-state index in [2.05, 4.69) is 24.0 Å². The van der Waals surface area contributed by atoms with Crippen LogP contribution >= 0.6 is 23.5 Å². The number of aromatic nitrogens is 1. The third kappa shape index (κ3) is 5.55. The minimum atomic E-state index is 1.05. The van der Waals surface area contributed by atoms with Crippen molar-refractivity contribution in [2.24, 2.45) is 0 Å². The summed E-state index contributed by atoms with van der Waals surface area (Å²) in [6, 6.07) is 6.10. The van der Waals surface area contributed by atoms with Crippen LogP contribution in [0.4, 0.5) is 0 Å². The molecule has 14 heavy (non-hydrogen) atoms. The summed E-state index contributed by atoms with van der Waals surface area (Å²) in [7, 11) is 0. The van der Waals surface area contributed by atoms with E-state index in [4.69, 9.17) is 0 Å². The fourth-order valence-electron chi connectivity index (χ4n) is 1.02. The molecule has 0 amide bonds. The van der Waals surface area contributed by atoms with Gasteiger partial charge in [-0.2, -0.15) is 23.5 Å². The Morgan fingerprint density at radius 1 is 1.14 bits per heavy atom. The lowest BCUT2D eigenvalue weighted by atomic mass is 10.4. The van der Waals surface area contributed by atoms with E-state index in [-0.39, 0.29) is 0 Å². The summed E-state index contributed by atoms with van der Waals surface area (Å²) >= 11 is 4.02. The zero-order chi connectivity index (χ0) is 10.1. The summed E-state index contributed by atoms with van der Waals surface area (Å²) in [6.45, 7) is 2.23. The molecule has 0 bridgehead atoms. The number of nitrogens with zero attached hydrogens (tertiary/aromatic N) is 1. The van der Waals surface area contributed by atoms with Gasteiger partial charge in [-0.1, -0.05) is 13.0 Å². The van der Waals surface area contributed by atoms with Crippen molar-refractivity contribution in [3.63, 3.8) is 0 Å². The van der Waals surface area contributed by atoms with E-state index in [1.165, 1.54) is 29.4 Å². The molecule has 0 fully saturated rings. The van der Waals surface area contributed by atoms with Gasteiger partial charge in [0.2, 0.25) is 0 Å². The third-order valence-electron chi connectivity index (χ3n) is 1.70. The molecule has 0 aliphatic heterocycles. The van der Waals surface area contributed by atoms with Gasteiger partial charge in [-0.3, -0.25) is 4.98 Å². The predicted octanol–water partition coefficient (Wildman–Crippen LogP) is 3.46. The minimum absolute atomic E-state index is 1.05. The second-order valence-corrected chi connectivity index (χ2v) is 5.32. The number of thioether (sulfide) groups is 2. The molecule has 0 aromatic carbocycles. The van der Waals surface area contributed by atoms with Crippen LogP contribution in [0.1, 0.15) is 19.0 Å². The topological polar surface area (TPSA) is 12.9 Å². The third-order valence-corrected chi connectivity index (χ3v) is 4.14. The normalized spacial score (nSPS) is 10.4. The van der Waals surface area contributed by atoms with Gasteiger partial charge >= 0.3 is 0 Å². The fourth-order valence-corrected chi connectivity index (χ4v) is 2.98. The first-order valence-corrected chi connectivity index (χ1v) is 7.30. The monoisotopic (exact) mass is 227 g/mol. The molecule has 0 atom stereocenters. The number of rotatable bonds is 7. The maximum Gasteiger partial charge on any atom is 0.0502 e. The number of hydrogen-bond donors (Lipinski definition) is 0. The van der Waals surface area contributed by atoms with E-state index in [1.54, 1.807) is 0 Å². The molecule has 0 saturated heterocycles. The number of pyridine rings is 1. The molecule has 3 heteroatoms. The van der Waals surface area contributed by atoms with Crippen LogP contribution < -0.4 is 0 Å². The van der Waals surface area contributed by atoms with Crippen LogP contribution in [-0.4, -0.2) is 22.2 Å². The lowest BCUT2D eigenvalue weighted by molar-refractivity contribution is 1.11. The quantitative estimate of drug-likeness (QED) is 0.662. The highest BCUT2D eigenvalue weighted by Crippen LogP contribution is 2.12. The Hall–Kier alpha value is -0.150. The molecule has 0 N–H and O–H groups in total.